The Kier molecular flexibility index (Phi) is 3.09. The summed E-state index contributed by atoms with van der Waals surface area (Å²) in [6.07, 6.45) is 2.57. The molecule has 1 aliphatic rings. The molecule has 1 atom stereocenters. The molecular formula is C10H16N4O2. The molecule has 1 fully saturated rings. The van der Waals surface area contributed by atoms with Crippen molar-refractivity contribution < 1.29 is 9.90 Å². The second-order valence-corrected chi connectivity index (χ2v) is 4.12. The molecule has 1 saturated heterocycles. The highest BCUT2D eigenvalue weighted by molar-refractivity contribution is 5.76. The zero-order valence-corrected chi connectivity index (χ0v) is 9.04. The SMILES string of the molecule is Nc1ccn(CC(=O)N2CCC(CO)C2)n1. The Morgan fingerprint density at radius 2 is 2.50 bits per heavy atom. The second kappa shape index (κ2) is 4.52. The van der Waals surface area contributed by atoms with Gasteiger partial charge in [-0.15, -0.1) is 0 Å². The summed E-state index contributed by atoms with van der Waals surface area (Å²) in [6.45, 7) is 1.74. The lowest BCUT2D eigenvalue weighted by Gasteiger charge is -2.15. The number of anilines is 1. The van der Waals surface area contributed by atoms with E-state index in [1.54, 1.807) is 17.2 Å². The van der Waals surface area contributed by atoms with Crippen LogP contribution in [0.5, 0.6) is 0 Å². The van der Waals surface area contributed by atoms with E-state index >= 15 is 0 Å². The van der Waals surface area contributed by atoms with E-state index in [1.165, 1.54) is 4.68 Å². The number of hydrogen-bond donors (Lipinski definition) is 2. The first-order valence-electron chi connectivity index (χ1n) is 5.36. The summed E-state index contributed by atoms with van der Waals surface area (Å²) in [6, 6.07) is 1.66. The van der Waals surface area contributed by atoms with Crippen molar-refractivity contribution in [2.24, 2.45) is 5.92 Å². The molecule has 88 valence electrons. The smallest absolute Gasteiger partial charge is 0.244 e. The molecule has 0 bridgehead atoms. The summed E-state index contributed by atoms with van der Waals surface area (Å²) in [5.41, 5.74) is 5.46. The molecule has 2 heterocycles. The van der Waals surface area contributed by atoms with E-state index in [4.69, 9.17) is 10.8 Å². The number of hydrogen-bond acceptors (Lipinski definition) is 4. The molecule has 1 unspecified atom stereocenters. The number of aliphatic hydroxyl groups is 1. The Morgan fingerprint density at radius 1 is 1.69 bits per heavy atom. The minimum absolute atomic E-state index is 0.0269. The van der Waals surface area contributed by atoms with Gasteiger partial charge < -0.3 is 15.7 Å². The zero-order chi connectivity index (χ0) is 11.5. The molecule has 16 heavy (non-hydrogen) atoms. The molecule has 0 aromatic carbocycles. The van der Waals surface area contributed by atoms with E-state index in [0.717, 1.165) is 13.0 Å². The van der Waals surface area contributed by atoms with Gasteiger partial charge in [-0.2, -0.15) is 5.10 Å². The van der Waals surface area contributed by atoms with Crippen molar-refractivity contribution in [1.82, 2.24) is 14.7 Å². The Morgan fingerprint density at radius 3 is 3.06 bits per heavy atom. The van der Waals surface area contributed by atoms with Crippen molar-refractivity contribution in [3.05, 3.63) is 12.3 Å². The number of aliphatic hydroxyl groups excluding tert-OH is 1. The highest BCUT2D eigenvalue weighted by Gasteiger charge is 2.25. The fourth-order valence-electron chi connectivity index (χ4n) is 1.91. The van der Waals surface area contributed by atoms with Gasteiger partial charge in [0.2, 0.25) is 5.91 Å². The quantitative estimate of drug-likeness (QED) is 0.711. The van der Waals surface area contributed by atoms with Crippen LogP contribution in [0.15, 0.2) is 12.3 Å². The molecule has 2 rings (SSSR count). The highest BCUT2D eigenvalue weighted by atomic mass is 16.3. The monoisotopic (exact) mass is 224 g/mol. The largest absolute Gasteiger partial charge is 0.396 e. The van der Waals surface area contributed by atoms with Crippen LogP contribution in [0.4, 0.5) is 5.82 Å². The Bertz CT molecular complexity index is 377. The summed E-state index contributed by atoms with van der Waals surface area (Å²) in [7, 11) is 0. The topological polar surface area (TPSA) is 84.4 Å². The van der Waals surface area contributed by atoms with Gasteiger partial charge in [-0.3, -0.25) is 9.48 Å². The number of carbonyl (C=O) groups excluding carboxylic acids is 1. The van der Waals surface area contributed by atoms with E-state index in [1.807, 2.05) is 0 Å². The van der Waals surface area contributed by atoms with Crippen molar-refractivity contribution in [3.8, 4) is 0 Å². The van der Waals surface area contributed by atoms with Crippen LogP contribution in [0.1, 0.15) is 6.42 Å². The average molecular weight is 224 g/mol. The Balaban J connectivity index is 1.89. The number of likely N-dealkylation sites (tertiary alicyclic amines) is 1. The fraction of sp³-hybridized carbons (Fsp3) is 0.600. The summed E-state index contributed by atoms with van der Waals surface area (Å²) < 4.78 is 1.53. The molecule has 6 nitrogen and oxygen atoms in total. The molecule has 0 radical (unpaired) electrons. The van der Waals surface area contributed by atoms with Crippen molar-refractivity contribution >= 4 is 11.7 Å². The average Bonchev–Trinajstić information content (AvgIpc) is 2.87. The minimum Gasteiger partial charge on any atom is -0.396 e. The zero-order valence-electron chi connectivity index (χ0n) is 9.04. The third kappa shape index (κ3) is 2.33. The summed E-state index contributed by atoms with van der Waals surface area (Å²) >= 11 is 0. The van der Waals surface area contributed by atoms with Gasteiger partial charge >= 0.3 is 0 Å². The number of rotatable bonds is 3. The predicted molar refractivity (Wildman–Crippen MR) is 58.4 cm³/mol. The summed E-state index contributed by atoms with van der Waals surface area (Å²) in [5.74, 6) is 0.674. The predicted octanol–water partition coefficient (Wildman–Crippen LogP) is -0.694. The first-order chi connectivity index (χ1) is 7.69. The van der Waals surface area contributed by atoms with Crippen molar-refractivity contribution in [3.63, 3.8) is 0 Å². The molecule has 1 aromatic rings. The molecule has 1 aliphatic heterocycles. The first-order valence-corrected chi connectivity index (χ1v) is 5.36. The van der Waals surface area contributed by atoms with Gasteiger partial charge in [-0.25, -0.2) is 0 Å². The molecule has 1 amide bonds. The molecule has 0 spiro atoms. The first kappa shape index (κ1) is 10.9. The molecule has 6 heteroatoms. The molecule has 1 aromatic heterocycles. The van der Waals surface area contributed by atoms with Crippen LogP contribution in [0.3, 0.4) is 0 Å². The Hall–Kier alpha value is -1.56. The minimum atomic E-state index is 0.0269. The van der Waals surface area contributed by atoms with Crippen LogP contribution < -0.4 is 5.73 Å². The van der Waals surface area contributed by atoms with Crippen LogP contribution in [-0.2, 0) is 11.3 Å². The third-order valence-electron chi connectivity index (χ3n) is 2.86. The standard InChI is InChI=1S/C10H16N4O2/c11-9-2-4-14(12-9)6-10(16)13-3-1-8(5-13)7-15/h2,4,8,15H,1,3,5-7H2,(H2,11,12). The van der Waals surface area contributed by atoms with E-state index in [-0.39, 0.29) is 25.0 Å². The number of amides is 1. The van der Waals surface area contributed by atoms with Gasteiger partial charge in [0.05, 0.1) is 0 Å². The number of nitrogens with two attached hydrogens (primary N) is 1. The van der Waals surface area contributed by atoms with Crippen molar-refractivity contribution in [2.75, 3.05) is 25.4 Å². The fourth-order valence-corrected chi connectivity index (χ4v) is 1.91. The van der Waals surface area contributed by atoms with Gasteiger partial charge in [-0.1, -0.05) is 0 Å². The third-order valence-corrected chi connectivity index (χ3v) is 2.86. The van der Waals surface area contributed by atoms with E-state index in [9.17, 15) is 4.79 Å². The van der Waals surface area contributed by atoms with Gasteiger partial charge in [-0.05, 0) is 12.5 Å². The number of aromatic nitrogens is 2. The normalized spacial score (nSPS) is 20.3. The maximum absolute atomic E-state index is 11.8. The number of nitrogens with zero attached hydrogens (tertiary/aromatic N) is 3. The molecule has 0 saturated carbocycles. The maximum atomic E-state index is 11.8. The van der Waals surface area contributed by atoms with E-state index in [2.05, 4.69) is 5.10 Å². The number of nitrogen functional groups attached to an aromatic ring is 1. The van der Waals surface area contributed by atoms with Crippen LogP contribution in [0.25, 0.3) is 0 Å². The van der Waals surface area contributed by atoms with Crippen LogP contribution >= 0.6 is 0 Å². The lowest BCUT2D eigenvalue weighted by molar-refractivity contribution is -0.131. The van der Waals surface area contributed by atoms with Crippen LogP contribution in [-0.4, -0.2) is 45.4 Å². The summed E-state index contributed by atoms with van der Waals surface area (Å²) in [4.78, 5) is 13.6. The van der Waals surface area contributed by atoms with Crippen LogP contribution in [0, 0.1) is 5.92 Å². The van der Waals surface area contributed by atoms with E-state index < -0.39 is 0 Å². The van der Waals surface area contributed by atoms with Gasteiger partial charge in [0, 0.05) is 31.8 Å². The summed E-state index contributed by atoms with van der Waals surface area (Å²) in [5, 5.41) is 12.9. The number of carbonyl (C=O) groups is 1. The highest BCUT2D eigenvalue weighted by Crippen LogP contribution is 2.15. The van der Waals surface area contributed by atoms with E-state index in [0.29, 0.717) is 12.4 Å². The van der Waals surface area contributed by atoms with Gasteiger partial charge in [0.1, 0.15) is 12.4 Å². The Labute approximate surface area is 93.6 Å². The van der Waals surface area contributed by atoms with Crippen LogP contribution in [0.2, 0.25) is 0 Å². The van der Waals surface area contributed by atoms with Crippen molar-refractivity contribution in [2.45, 2.75) is 13.0 Å². The maximum Gasteiger partial charge on any atom is 0.244 e. The lowest BCUT2D eigenvalue weighted by atomic mass is 10.1. The van der Waals surface area contributed by atoms with Gasteiger partial charge in [0.15, 0.2) is 0 Å². The lowest BCUT2D eigenvalue weighted by Crippen LogP contribution is -2.32. The van der Waals surface area contributed by atoms with Gasteiger partial charge in [0.25, 0.3) is 0 Å². The second-order valence-electron chi connectivity index (χ2n) is 4.12. The molecule has 0 aliphatic carbocycles. The molecular weight excluding hydrogens is 208 g/mol. The van der Waals surface area contributed by atoms with Crippen molar-refractivity contribution in [1.29, 1.82) is 0 Å². The molecule has 3 N–H and O–H groups in total.